The zero-order valence-electron chi connectivity index (χ0n) is 14.4. The van der Waals surface area contributed by atoms with E-state index in [1.165, 1.54) is 0 Å². The quantitative estimate of drug-likeness (QED) is 0.741. The highest BCUT2D eigenvalue weighted by Gasteiger charge is 2.28. The van der Waals surface area contributed by atoms with Gasteiger partial charge in [-0.1, -0.05) is 38.8 Å². The largest absolute Gasteiger partial charge is 0.389 e. The Morgan fingerprint density at radius 1 is 1.21 bits per heavy atom. The Morgan fingerprint density at radius 3 is 2.50 bits per heavy atom. The standard InChI is InChI=1S/C18H26N4O2/c1-3-8-18(24,9-4-2)11-17(23)21-16-7-5-6-15(10-16)12-22-13-19-20-14-22/h5-7,10,13-14,24H,3-4,8-9,11-12H2,1-2H3,(H,21,23). The van der Waals surface area contributed by atoms with Crippen molar-refractivity contribution in [2.45, 2.75) is 58.1 Å². The molecule has 0 spiro atoms. The smallest absolute Gasteiger partial charge is 0.227 e. The van der Waals surface area contributed by atoms with Gasteiger partial charge >= 0.3 is 0 Å². The summed E-state index contributed by atoms with van der Waals surface area (Å²) in [7, 11) is 0. The number of aliphatic hydroxyl groups is 1. The van der Waals surface area contributed by atoms with Crippen LogP contribution in [-0.2, 0) is 11.3 Å². The van der Waals surface area contributed by atoms with Crippen molar-refractivity contribution in [1.82, 2.24) is 14.8 Å². The lowest BCUT2D eigenvalue weighted by Crippen LogP contribution is -2.33. The minimum absolute atomic E-state index is 0.129. The second-order valence-corrected chi connectivity index (χ2v) is 6.28. The second-order valence-electron chi connectivity index (χ2n) is 6.28. The lowest BCUT2D eigenvalue weighted by atomic mass is 9.89. The number of rotatable bonds is 9. The first kappa shape index (κ1) is 18.1. The van der Waals surface area contributed by atoms with Gasteiger partial charge in [-0.25, -0.2) is 0 Å². The Bertz CT molecular complexity index is 634. The summed E-state index contributed by atoms with van der Waals surface area (Å²) in [5.41, 5.74) is 0.874. The van der Waals surface area contributed by atoms with Crippen molar-refractivity contribution >= 4 is 11.6 Å². The van der Waals surface area contributed by atoms with Crippen molar-refractivity contribution in [2.24, 2.45) is 0 Å². The molecule has 6 nitrogen and oxygen atoms in total. The fraction of sp³-hybridized carbons (Fsp3) is 0.500. The van der Waals surface area contributed by atoms with E-state index >= 15 is 0 Å². The molecule has 0 saturated carbocycles. The first-order valence-corrected chi connectivity index (χ1v) is 8.48. The summed E-state index contributed by atoms with van der Waals surface area (Å²) in [4.78, 5) is 12.3. The monoisotopic (exact) mass is 330 g/mol. The van der Waals surface area contributed by atoms with Crippen LogP contribution >= 0.6 is 0 Å². The Balaban J connectivity index is 1.98. The van der Waals surface area contributed by atoms with Gasteiger partial charge in [0.1, 0.15) is 12.7 Å². The minimum atomic E-state index is -0.909. The number of benzene rings is 1. The third-order valence-corrected chi connectivity index (χ3v) is 3.96. The van der Waals surface area contributed by atoms with E-state index in [1.54, 1.807) is 12.7 Å². The molecule has 2 rings (SSSR count). The van der Waals surface area contributed by atoms with Gasteiger partial charge in [-0.15, -0.1) is 10.2 Å². The van der Waals surface area contributed by atoms with Crippen molar-refractivity contribution < 1.29 is 9.90 Å². The van der Waals surface area contributed by atoms with E-state index in [-0.39, 0.29) is 12.3 Å². The van der Waals surface area contributed by atoms with Crippen molar-refractivity contribution in [3.8, 4) is 0 Å². The maximum absolute atomic E-state index is 12.3. The molecule has 0 bridgehead atoms. The van der Waals surface area contributed by atoms with Crippen molar-refractivity contribution in [3.05, 3.63) is 42.5 Å². The topological polar surface area (TPSA) is 80.0 Å². The Morgan fingerprint density at radius 2 is 1.88 bits per heavy atom. The molecule has 1 aromatic carbocycles. The summed E-state index contributed by atoms with van der Waals surface area (Å²) in [6.45, 7) is 4.69. The van der Waals surface area contributed by atoms with Gasteiger partial charge in [0, 0.05) is 5.69 Å². The molecule has 1 aromatic heterocycles. The number of nitrogens with zero attached hydrogens (tertiary/aromatic N) is 3. The Hall–Kier alpha value is -2.21. The second kappa shape index (κ2) is 8.59. The summed E-state index contributed by atoms with van der Waals surface area (Å²) in [6.07, 6.45) is 6.44. The molecule has 0 saturated heterocycles. The fourth-order valence-corrected chi connectivity index (χ4v) is 3.00. The molecular weight excluding hydrogens is 304 g/mol. The molecule has 0 fully saturated rings. The predicted molar refractivity (Wildman–Crippen MR) is 93.6 cm³/mol. The van der Waals surface area contributed by atoms with Crippen LogP contribution < -0.4 is 5.32 Å². The fourth-order valence-electron chi connectivity index (χ4n) is 3.00. The van der Waals surface area contributed by atoms with Crippen molar-refractivity contribution in [3.63, 3.8) is 0 Å². The molecule has 0 aliphatic heterocycles. The molecule has 130 valence electrons. The summed E-state index contributed by atoms with van der Waals surface area (Å²) >= 11 is 0. The van der Waals surface area contributed by atoms with E-state index in [4.69, 9.17) is 0 Å². The number of aromatic nitrogens is 3. The maximum atomic E-state index is 12.3. The zero-order valence-corrected chi connectivity index (χ0v) is 14.4. The highest BCUT2D eigenvalue weighted by atomic mass is 16.3. The first-order valence-electron chi connectivity index (χ1n) is 8.48. The SMILES string of the molecule is CCCC(O)(CCC)CC(=O)Nc1cccc(Cn2cnnc2)c1. The number of carbonyl (C=O) groups is 1. The van der Waals surface area contributed by atoms with Crippen LogP contribution in [0.15, 0.2) is 36.9 Å². The van der Waals surface area contributed by atoms with Crippen molar-refractivity contribution in [2.75, 3.05) is 5.32 Å². The molecule has 0 aliphatic carbocycles. The van der Waals surface area contributed by atoms with Gasteiger partial charge in [0.05, 0.1) is 18.6 Å². The van der Waals surface area contributed by atoms with E-state index < -0.39 is 5.60 Å². The molecule has 2 aromatic rings. The number of nitrogens with one attached hydrogen (secondary N) is 1. The van der Waals surface area contributed by atoms with Crippen LogP contribution in [0.25, 0.3) is 0 Å². The predicted octanol–water partition coefficient (Wildman–Crippen LogP) is 2.99. The van der Waals surface area contributed by atoms with E-state index in [0.717, 1.165) is 24.1 Å². The molecule has 0 unspecified atom stereocenters. The van der Waals surface area contributed by atoms with Crippen LogP contribution in [0.3, 0.4) is 0 Å². The van der Waals surface area contributed by atoms with Gasteiger partial charge in [-0.2, -0.15) is 0 Å². The van der Waals surface area contributed by atoms with Gasteiger partial charge in [-0.05, 0) is 30.5 Å². The van der Waals surface area contributed by atoms with E-state index in [9.17, 15) is 9.90 Å². The number of amides is 1. The highest BCUT2D eigenvalue weighted by Crippen LogP contribution is 2.24. The molecule has 0 radical (unpaired) electrons. The van der Waals surface area contributed by atoms with Crippen molar-refractivity contribution in [1.29, 1.82) is 0 Å². The summed E-state index contributed by atoms with van der Waals surface area (Å²) < 4.78 is 1.86. The number of hydrogen-bond donors (Lipinski definition) is 2. The molecule has 1 amide bonds. The number of anilines is 1. The lowest BCUT2D eigenvalue weighted by Gasteiger charge is -2.26. The number of carbonyl (C=O) groups excluding carboxylic acids is 1. The van der Waals surface area contributed by atoms with Gasteiger partial charge in [-0.3, -0.25) is 4.79 Å². The lowest BCUT2D eigenvalue weighted by molar-refractivity contribution is -0.121. The van der Waals surface area contributed by atoms with Gasteiger partial charge in [0.15, 0.2) is 0 Å². The van der Waals surface area contributed by atoms with Crippen LogP contribution in [-0.4, -0.2) is 31.4 Å². The highest BCUT2D eigenvalue weighted by molar-refractivity contribution is 5.91. The van der Waals surface area contributed by atoms with E-state index in [2.05, 4.69) is 15.5 Å². The molecule has 2 N–H and O–H groups in total. The average Bonchev–Trinajstić information content (AvgIpc) is 3.00. The first-order chi connectivity index (χ1) is 11.5. The van der Waals surface area contributed by atoms with E-state index in [0.29, 0.717) is 19.4 Å². The van der Waals surface area contributed by atoms with Gasteiger partial charge < -0.3 is 15.0 Å². The molecule has 6 heteroatoms. The molecule has 0 aliphatic rings. The molecule has 0 atom stereocenters. The Kier molecular flexibility index (Phi) is 6.49. The van der Waals surface area contributed by atoms with Crippen LogP contribution in [0.2, 0.25) is 0 Å². The third kappa shape index (κ3) is 5.45. The number of hydrogen-bond acceptors (Lipinski definition) is 4. The van der Waals surface area contributed by atoms with Crippen LogP contribution in [0.5, 0.6) is 0 Å². The molecular formula is C18H26N4O2. The van der Waals surface area contributed by atoms with Gasteiger partial charge in [0.2, 0.25) is 5.91 Å². The zero-order chi connectivity index (χ0) is 17.4. The summed E-state index contributed by atoms with van der Waals surface area (Å²) in [5.74, 6) is -0.152. The van der Waals surface area contributed by atoms with Gasteiger partial charge in [0.25, 0.3) is 0 Å². The van der Waals surface area contributed by atoms with Crippen LogP contribution in [0.1, 0.15) is 51.5 Å². The molecule has 1 heterocycles. The normalized spacial score (nSPS) is 11.5. The molecule has 24 heavy (non-hydrogen) atoms. The minimum Gasteiger partial charge on any atom is -0.389 e. The summed E-state index contributed by atoms with van der Waals surface area (Å²) in [5, 5.41) is 21.1. The Labute approximate surface area is 142 Å². The van der Waals surface area contributed by atoms with Crippen LogP contribution in [0.4, 0.5) is 5.69 Å². The average molecular weight is 330 g/mol. The maximum Gasteiger partial charge on any atom is 0.227 e. The third-order valence-electron chi connectivity index (χ3n) is 3.96. The van der Waals surface area contributed by atoms with E-state index in [1.807, 2.05) is 42.7 Å². The van der Waals surface area contributed by atoms with Crippen LogP contribution in [0, 0.1) is 0 Å². The summed E-state index contributed by atoms with van der Waals surface area (Å²) in [6, 6.07) is 7.67.